The summed E-state index contributed by atoms with van der Waals surface area (Å²) in [5.74, 6) is -2.40. The van der Waals surface area contributed by atoms with Gasteiger partial charge < -0.3 is 13.9 Å². The van der Waals surface area contributed by atoms with Gasteiger partial charge in [0.25, 0.3) is 0 Å². The Morgan fingerprint density at radius 3 is 1.76 bits per heavy atom. The molecule has 3 rings (SSSR count). The van der Waals surface area contributed by atoms with E-state index in [9.17, 15) is 9.59 Å². The standard InChI is InChI=1S/C23H25O5Si/c1-22(2,3)18(19-21(25)27-23(4,5)26-19)20(24)28-29(16-12-8-6-9-13-16)17-14-10-7-11-15-17/h6-15H,1-5H3/b19-18-. The van der Waals surface area contributed by atoms with Gasteiger partial charge in [-0.2, -0.15) is 0 Å². The average Bonchev–Trinajstić information content (AvgIpc) is 2.92. The van der Waals surface area contributed by atoms with E-state index < -0.39 is 32.2 Å². The summed E-state index contributed by atoms with van der Waals surface area (Å²) >= 11 is 0. The maximum atomic E-state index is 13.3. The first kappa shape index (κ1) is 20.9. The Balaban J connectivity index is 2.03. The predicted molar refractivity (Wildman–Crippen MR) is 112 cm³/mol. The van der Waals surface area contributed by atoms with Crippen molar-refractivity contribution in [2.45, 2.75) is 40.4 Å². The first-order valence-electron chi connectivity index (χ1n) is 9.45. The third kappa shape index (κ3) is 4.77. The fourth-order valence-electron chi connectivity index (χ4n) is 3.08. The molecule has 0 bridgehead atoms. The molecule has 1 radical (unpaired) electrons. The smallest absolute Gasteiger partial charge is 0.377 e. The fourth-order valence-corrected chi connectivity index (χ4v) is 4.92. The van der Waals surface area contributed by atoms with Crippen molar-refractivity contribution in [1.82, 2.24) is 0 Å². The molecular weight excluding hydrogens is 384 g/mol. The number of rotatable bonds is 4. The molecule has 0 unspecified atom stereocenters. The number of hydrogen-bond donors (Lipinski definition) is 0. The van der Waals surface area contributed by atoms with Crippen LogP contribution >= 0.6 is 0 Å². The number of carbonyl (C=O) groups excluding carboxylic acids is 2. The molecule has 1 fully saturated rings. The van der Waals surface area contributed by atoms with Crippen LogP contribution in [0.3, 0.4) is 0 Å². The molecule has 6 heteroatoms. The Bertz CT molecular complexity index is 887. The van der Waals surface area contributed by atoms with Gasteiger partial charge in [0, 0.05) is 13.8 Å². The van der Waals surface area contributed by atoms with E-state index in [-0.39, 0.29) is 11.3 Å². The van der Waals surface area contributed by atoms with Crippen molar-refractivity contribution in [3.8, 4) is 0 Å². The first-order valence-corrected chi connectivity index (χ1v) is 10.9. The summed E-state index contributed by atoms with van der Waals surface area (Å²) in [5, 5.41) is 1.87. The van der Waals surface area contributed by atoms with Crippen molar-refractivity contribution >= 4 is 31.4 Å². The molecule has 1 heterocycles. The lowest BCUT2D eigenvalue weighted by molar-refractivity contribution is -0.159. The summed E-state index contributed by atoms with van der Waals surface area (Å²) in [7, 11) is -1.87. The second kappa shape index (κ2) is 7.87. The molecule has 0 aliphatic carbocycles. The molecule has 0 atom stereocenters. The second-order valence-electron chi connectivity index (χ2n) is 8.30. The molecule has 151 valence electrons. The average molecular weight is 410 g/mol. The van der Waals surface area contributed by atoms with Crippen LogP contribution < -0.4 is 10.4 Å². The SMILES string of the molecule is CC1(C)OC(=O)/C(=C(\C(=O)O[Si](c2ccccc2)c2ccccc2)C(C)(C)C)O1. The van der Waals surface area contributed by atoms with Crippen molar-refractivity contribution < 1.29 is 23.5 Å². The van der Waals surface area contributed by atoms with Crippen LogP contribution in [-0.2, 0) is 23.5 Å². The third-order valence-corrected chi connectivity index (χ3v) is 6.42. The Morgan fingerprint density at radius 1 is 0.897 bits per heavy atom. The summed E-state index contributed by atoms with van der Waals surface area (Å²) in [5.41, 5.74) is -0.492. The first-order chi connectivity index (χ1) is 13.6. The minimum absolute atomic E-state index is 0.0741. The monoisotopic (exact) mass is 409 g/mol. The van der Waals surface area contributed by atoms with Crippen LogP contribution in [0.4, 0.5) is 0 Å². The van der Waals surface area contributed by atoms with Gasteiger partial charge in [-0.1, -0.05) is 81.4 Å². The maximum absolute atomic E-state index is 13.3. The zero-order valence-corrected chi connectivity index (χ0v) is 18.3. The number of cyclic esters (lactones) is 1. The highest BCUT2D eigenvalue weighted by molar-refractivity contribution is 6.81. The van der Waals surface area contributed by atoms with E-state index in [2.05, 4.69) is 0 Å². The Kier molecular flexibility index (Phi) is 5.66. The topological polar surface area (TPSA) is 61.8 Å². The second-order valence-corrected chi connectivity index (χ2v) is 10.3. The molecule has 0 spiro atoms. The van der Waals surface area contributed by atoms with Gasteiger partial charge in [0.05, 0.1) is 5.57 Å². The fraction of sp³-hybridized carbons (Fsp3) is 0.304. The van der Waals surface area contributed by atoms with Crippen molar-refractivity contribution in [3.05, 3.63) is 72.0 Å². The summed E-state index contributed by atoms with van der Waals surface area (Å²) in [6, 6.07) is 19.3. The van der Waals surface area contributed by atoms with Crippen LogP contribution in [0.2, 0.25) is 0 Å². The highest BCUT2D eigenvalue weighted by atomic mass is 28.3. The molecular formula is C23H25O5Si. The van der Waals surface area contributed by atoms with Crippen LogP contribution in [0.25, 0.3) is 0 Å². The molecule has 5 nitrogen and oxygen atoms in total. The molecule has 1 aliphatic rings. The highest BCUT2D eigenvalue weighted by Crippen LogP contribution is 2.36. The lowest BCUT2D eigenvalue weighted by atomic mass is 9.85. The van der Waals surface area contributed by atoms with Crippen molar-refractivity contribution in [3.63, 3.8) is 0 Å². The van der Waals surface area contributed by atoms with Gasteiger partial charge in [0.1, 0.15) is 0 Å². The molecule has 0 aromatic heterocycles. The molecule has 1 aliphatic heterocycles. The van der Waals surface area contributed by atoms with Gasteiger partial charge in [-0.05, 0) is 15.8 Å². The van der Waals surface area contributed by atoms with Crippen molar-refractivity contribution in [2.24, 2.45) is 5.41 Å². The summed E-state index contributed by atoms with van der Waals surface area (Å²) in [6.07, 6.45) is 0. The Hall–Kier alpha value is -2.86. The maximum Gasteiger partial charge on any atom is 0.377 e. The highest BCUT2D eigenvalue weighted by Gasteiger charge is 2.44. The van der Waals surface area contributed by atoms with E-state index in [1.165, 1.54) is 0 Å². The lowest BCUT2D eigenvalue weighted by Gasteiger charge is -2.25. The van der Waals surface area contributed by atoms with E-state index in [4.69, 9.17) is 13.9 Å². The van der Waals surface area contributed by atoms with Gasteiger partial charge in [-0.3, -0.25) is 0 Å². The van der Waals surface area contributed by atoms with Gasteiger partial charge in [-0.25, -0.2) is 9.59 Å². The van der Waals surface area contributed by atoms with E-state index in [1.807, 2.05) is 81.4 Å². The third-order valence-electron chi connectivity index (χ3n) is 4.32. The normalized spacial score (nSPS) is 17.5. The van der Waals surface area contributed by atoms with Gasteiger partial charge in [0.2, 0.25) is 11.5 Å². The van der Waals surface area contributed by atoms with Crippen LogP contribution in [0.5, 0.6) is 0 Å². The van der Waals surface area contributed by atoms with Gasteiger partial charge >= 0.3 is 21.0 Å². The lowest BCUT2D eigenvalue weighted by Crippen LogP contribution is -2.47. The van der Waals surface area contributed by atoms with Crippen LogP contribution in [0, 0.1) is 5.41 Å². The Morgan fingerprint density at radius 2 is 1.38 bits per heavy atom. The minimum atomic E-state index is -1.87. The van der Waals surface area contributed by atoms with Crippen LogP contribution in [0.15, 0.2) is 72.0 Å². The predicted octanol–water partition coefficient (Wildman–Crippen LogP) is 2.95. The minimum Gasteiger partial charge on any atom is -0.505 e. The van der Waals surface area contributed by atoms with Crippen LogP contribution in [0.1, 0.15) is 34.6 Å². The summed E-state index contributed by atoms with van der Waals surface area (Å²) < 4.78 is 17.0. The molecule has 2 aromatic carbocycles. The molecule has 2 aromatic rings. The Labute approximate surface area is 173 Å². The molecule has 0 saturated carbocycles. The number of benzene rings is 2. The van der Waals surface area contributed by atoms with E-state index >= 15 is 0 Å². The summed E-state index contributed by atoms with van der Waals surface area (Å²) in [6.45, 7) is 8.79. The van der Waals surface area contributed by atoms with Gasteiger partial charge in [0.15, 0.2) is 0 Å². The number of ether oxygens (including phenoxy) is 2. The number of carbonyl (C=O) groups is 2. The van der Waals surface area contributed by atoms with E-state index in [1.54, 1.807) is 13.8 Å². The van der Waals surface area contributed by atoms with E-state index in [0.29, 0.717) is 0 Å². The molecule has 0 amide bonds. The molecule has 1 saturated heterocycles. The zero-order valence-electron chi connectivity index (χ0n) is 17.3. The van der Waals surface area contributed by atoms with E-state index in [0.717, 1.165) is 10.4 Å². The molecule has 0 N–H and O–H groups in total. The van der Waals surface area contributed by atoms with Gasteiger partial charge in [-0.15, -0.1) is 0 Å². The molecule has 29 heavy (non-hydrogen) atoms. The largest absolute Gasteiger partial charge is 0.505 e. The van der Waals surface area contributed by atoms with Crippen molar-refractivity contribution in [1.29, 1.82) is 0 Å². The van der Waals surface area contributed by atoms with Crippen LogP contribution in [-0.4, -0.2) is 26.8 Å². The number of esters is 1. The quantitative estimate of drug-likeness (QED) is 0.441. The number of hydrogen-bond acceptors (Lipinski definition) is 5. The van der Waals surface area contributed by atoms with Crippen molar-refractivity contribution in [2.75, 3.05) is 0 Å². The summed E-state index contributed by atoms with van der Waals surface area (Å²) in [4.78, 5) is 25.8. The zero-order chi connectivity index (χ0) is 21.2.